The van der Waals surface area contributed by atoms with Crippen LogP contribution in [0.15, 0.2) is 266 Å². The SMILES string of the molecule is CSc1ccccc1N.CSc1ccccc1N.CSc1ccccc1N=C(c1ccc(F)cc1)c1ccc(F)cc1.CSc1ccccc1N=CC1CC(O)=CC=C1O.O=C(c1ccc(F)cc1)c1ccc(F)cc1.O=Cc1cc(O)ccc1O. The van der Waals surface area contributed by atoms with Gasteiger partial charge in [-0.2, -0.15) is 0 Å². The van der Waals surface area contributed by atoms with Gasteiger partial charge < -0.3 is 31.9 Å². The molecule has 86 heavy (non-hydrogen) atoms. The van der Waals surface area contributed by atoms with E-state index in [1.165, 1.54) is 103 Å². The van der Waals surface area contributed by atoms with Crippen LogP contribution in [0.2, 0.25) is 0 Å². The summed E-state index contributed by atoms with van der Waals surface area (Å²) in [4.78, 5) is 35.5. The van der Waals surface area contributed by atoms with E-state index in [2.05, 4.69) is 4.99 Å². The van der Waals surface area contributed by atoms with Crippen LogP contribution in [-0.2, 0) is 0 Å². The molecule has 0 bridgehead atoms. The van der Waals surface area contributed by atoms with E-state index in [1.54, 1.807) is 77.5 Å². The third kappa shape index (κ3) is 22.2. The summed E-state index contributed by atoms with van der Waals surface area (Å²) in [6, 6.07) is 57.9. The number of allylic oxidation sites excluding steroid dienone is 4. The number of aliphatic hydroxyl groups is 2. The minimum absolute atomic E-state index is 0.0279. The number of para-hydroxylation sites is 4. The molecule has 8 N–H and O–H groups in total. The Labute approximate surface area is 515 Å². The number of aliphatic hydroxyl groups excluding tert-OH is 2. The second-order valence-electron chi connectivity index (χ2n) is 17.8. The number of anilines is 2. The highest BCUT2D eigenvalue weighted by Gasteiger charge is 2.17. The standard InChI is InChI=1S/C20H15F2NS.C14H15NO2S.C13H8F2O.2C7H9NS.C7H6O3/c1-24-19-5-3-2-4-18(19)23-20(14-6-10-16(21)11-7-14)15-8-12-17(22)13-9-15;1-18-14-5-3-2-4-12(14)15-9-10-8-11(16)6-7-13(10)17;14-11-5-1-9(2-6-11)13(16)10-3-7-12(15)8-4-10;2*1-9-7-5-3-2-4-6(7)8;8-4-5-3-6(9)1-2-7(5)10/h2-13H,1H3;2-7,9-10,16-17H,8H2,1H3;1-8H;2*2-5H,8H2,1H3;1-4,9-10H. The Bertz CT molecular complexity index is 3600. The number of rotatable bonds is 12. The first-order valence-electron chi connectivity index (χ1n) is 26.0. The van der Waals surface area contributed by atoms with Crippen molar-refractivity contribution in [2.24, 2.45) is 15.9 Å². The van der Waals surface area contributed by atoms with Gasteiger partial charge in [-0.3, -0.25) is 14.6 Å². The molecule has 1 aliphatic rings. The highest BCUT2D eigenvalue weighted by Crippen LogP contribution is 2.31. The van der Waals surface area contributed by atoms with Crippen LogP contribution in [-0.4, -0.2) is 69.4 Å². The number of ketones is 1. The van der Waals surface area contributed by atoms with Crippen LogP contribution in [0, 0.1) is 29.2 Å². The molecule has 10 nitrogen and oxygen atoms in total. The van der Waals surface area contributed by atoms with E-state index in [1.807, 2.05) is 122 Å². The number of hydrogen-bond donors (Lipinski definition) is 6. The lowest BCUT2D eigenvalue weighted by molar-refractivity contribution is 0.103. The molecule has 0 spiro atoms. The van der Waals surface area contributed by atoms with E-state index in [0.717, 1.165) is 53.5 Å². The fraction of sp³-hybridized carbons (Fsp3) is 0.0882. The quantitative estimate of drug-likeness (QED) is 0.0129. The molecule has 0 fully saturated rings. The first-order valence-corrected chi connectivity index (χ1v) is 30.9. The van der Waals surface area contributed by atoms with Gasteiger partial charge in [0.25, 0.3) is 0 Å². The van der Waals surface area contributed by atoms with Crippen molar-refractivity contribution in [2.75, 3.05) is 36.5 Å². The van der Waals surface area contributed by atoms with Crippen molar-refractivity contribution in [3.63, 3.8) is 0 Å². The lowest BCUT2D eigenvalue weighted by Gasteiger charge is -2.14. The number of phenolic OH excluding ortho intramolecular Hbond substituents is 2. The topological polar surface area (TPSA) is 192 Å². The van der Waals surface area contributed by atoms with Crippen molar-refractivity contribution >= 4 is 93.8 Å². The second kappa shape index (κ2) is 36.0. The van der Waals surface area contributed by atoms with Crippen LogP contribution >= 0.6 is 47.0 Å². The van der Waals surface area contributed by atoms with Gasteiger partial charge in [0.05, 0.1) is 34.3 Å². The number of carbonyl (C=O) groups is 2. The average Bonchev–Trinajstić information content (AvgIpc) is 2.66. The number of aliphatic imine (C=N–C) groups is 2. The molecule has 18 heteroatoms. The molecule has 0 amide bonds. The van der Waals surface area contributed by atoms with Crippen LogP contribution in [0.1, 0.15) is 43.8 Å². The zero-order valence-corrected chi connectivity index (χ0v) is 50.4. The van der Waals surface area contributed by atoms with E-state index >= 15 is 0 Å². The molecule has 1 aliphatic carbocycles. The molecule has 0 saturated heterocycles. The summed E-state index contributed by atoms with van der Waals surface area (Å²) in [5.41, 5.74) is 17.8. The Balaban J connectivity index is 0.000000196. The molecule has 0 saturated carbocycles. The molecule has 9 aromatic carbocycles. The number of nitrogen functional groups attached to an aromatic ring is 2. The first kappa shape index (κ1) is 67.8. The number of hydrogen-bond acceptors (Lipinski definition) is 14. The molecule has 1 unspecified atom stereocenters. The average molecular weight is 1240 g/mol. The number of aldehydes is 1. The predicted molar refractivity (Wildman–Crippen MR) is 349 cm³/mol. The molecular weight excluding hydrogens is 1170 g/mol. The minimum atomic E-state index is -0.393. The van der Waals surface area contributed by atoms with Gasteiger partial charge in [0.15, 0.2) is 12.1 Å². The molecule has 0 aliphatic heterocycles. The summed E-state index contributed by atoms with van der Waals surface area (Å²) < 4.78 is 51.8. The van der Waals surface area contributed by atoms with Crippen molar-refractivity contribution in [3.8, 4) is 11.5 Å². The van der Waals surface area contributed by atoms with Crippen molar-refractivity contribution in [3.05, 3.63) is 287 Å². The van der Waals surface area contributed by atoms with Gasteiger partial charge in [0.2, 0.25) is 0 Å². The van der Waals surface area contributed by atoms with E-state index in [9.17, 15) is 37.4 Å². The highest BCUT2D eigenvalue weighted by atomic mass is 32.2. The number of nitrogens with zero attached hydrogens (tertiary/aromatic N) is 2. The lowest BCUT2D eigenvalue weighted by atomic mass is 9.98. The lowest BCUT2D eigenvalue weighted by Crippen LogP contribution is -2.10. The maximum Gasteiger partial charge on any atom is 0.193 e. The van der Waals surface area contributed by atoms with E-state index < -0.39 is 11.6 Å². The minimum Gasteiger partial charge on any atom is -0.512 e. The maximum absolute atomic E-state index is 13.3. The van der Waals surface area contributed by atoms with Crippen LogP contribution in [0.3, 0.4) is 0 Å². The van der Waals surface area contributed by atoms with Gasteiger partial charge in [-0.05, 0) is 201 Å². The maximum atomic E-state index is 13.3. The summed E-state index contributed by atoms with van der Waals surface area (Å²) in [5.74, 6) is -1.53. The number of halogens is 4. The third-order valence-electron chi connectivity index (χ3n) is 11.9. The third-order valence-corrected chi connectivity index (χ3v) is 15.1. The normalized spacial score (nSPS) is 12.0. The zero-order chi connectivity index (χ0) is 62.4. The smallest absolute Gasteiger partial charge is 0.193 e. The fourth-order valence-corrected chi connectivity index (χ4v) is 9.55. The molecule has 10 rings (SSSR count). The van der Waals surface area contributed by atoms with Crippen molar-refractivity contribution in [1.82, 2.24) is 0 Å². The Morgan fingerprint density at radius 2 is 0.872 bits per heavy atom. The number of benzene rings is 9. The first-order chi connectivity index (χ1) is 41.5. The van der Waals surface area contributed by atoms with Crippen molar-refractivity contribution in [2.45, 2.75) is 26.0 Å². The monoisotopic (exact) mass is 1230 g/mol. The van der Waals surface area contributed by atoms with Gasteiger partial charge in [0.1, 0.15) is 40.5 Å². The Morgan fingerprint density at radius 1 is 0.488 bits per heavy atom. The largest absolute Gasteiger partial charge is 0.512 e. The van der Waals surface area contributed by atoms with Crippen LogP contribution in [0.5, 0.6) is 11.5 Å². The molecular formula is C68H62F4N4O6S4. The van der Waals surface area contributed by atoms with Gasteiger partial charge in [-0.25, -0.2) is 22.6 Å². The summed E-state index contributed by atoms with van der Waals surface area (Å²) >= 11 is 6.58. The molecule has 1 atom stereocenters. The summed E-state index contributed by atoms with van der Waals surface area (Å²) in [5, 5.41) is 36.8. The van der Waals surface area contributed by atoms with Gasteiger partial charge in [-0.15, -0.1) is 47.0 Å². The van der Waals surface area contributed by atoms with Crippen molar-refractivity contribution in [1.29, 1.82) is 0 Å². The fourth-order valence-electron chi connectivity index (χ4n) is 7.43. The Hall–Kier alpha value is -8.94. The van der Waals surface area contributed by atoms with Gasteiger partial charge >= 0.3 is 0 Å². The molecule has 0 aromatic heterocycles. The molecule has 0 radical (unpaired) electrons. The summed E-state index contributed by atoms with van der Waals surface area (Å²) in [6.07, 6.45) is 13.6. The number of phenols is 2. The number of thioether (sulfide) groups is 4. The molecule has 9 aromatic rings. The number of nitrogens with two attached hydrogens (primary N) is 2. The summed E-state index contributed by atoms with van der Waals surface area (Å²) in [6.45, 7) is 0. The Morgan fingerprint density at radius 3 is 1.27 bits per heavy atom. The molecule has 442 valence electrons. The Kier molecular flexibility index (Phi) is 28.4. The molecule has 0 heterocycles. The van der Waals surface area contributed by atoms with E-state index in [0.29, 0.717) is 29.5 Å². The number of aromatic hydroxyl groups is 2. The number of carbonyl (C=O) groups excluding carboxylic acids is 2. The van der Waals surface area contributed by atoms with Crippen LogP contribution < -0.4 is 11.5 Å². The van der Waals surface area contributed by atoms with Crippen LogP contribution in [0.25, 0.3) is 0 Å². The highest BCUT2D eigenvalue weighted by molar-refractivity contribution is 7.99. The van der Waals surface area contributed by atoms with Gasteiger partial charge in [0, 0.05) is 65.8 Å². The summed E-state index contributed by atoms with van der Waals surface area (Å²) in [7, 11) is 0. The zero-order valence-electron chi connectivity index (χ0n) is 47.1. The van der Waals surface area contributed by atoms with Crippen molar-refractivity contribution < 1.29 is 47.6 Å². The van der Waals surface area contributed by atoms with E-state index in [-0.39, 0.29) is 51.9 Å². The van der Waals surface area contributed by atoms with Gasteiger partial charge in [-0.1, -0.05) is 48.5 Å². The van der Waals surface area contributed by atoms with E-state index in [4.69, 9.17) is 26.7 Å². The predicted octanol–water partition coefficient (Wildman–Crippen LogP) is 18.0. The van der Waals surface area contributed by atoms with Crippen LogP contribution in [0.4, 0.5) is 40.3 Å². The second-order valence-corrected chi connectivity index (χ2v) is 21.2.